The van der Waals surface area contributed by atoms with E-state index in [0.29, 0.717) is 23.3 Å². The molecule has 1 aromatic rings. The number of ether oxygens (including phenoxy) is 2. The SMILES string of the molecule is COc1cccc(C2C(C(=O)OCC[N+](=O)[O-])=C(N)SC3=C2C(=O)CCC3)c1. The van der Waals surface area contributed by atoms with E-state index in [1.807, 2.05) is 0 Å². The molecule has 0 spiro atoms. The summed E-state index contributed by atoms with van der Waals surface area (Å²) >= 11 is 1.21. The lowest BCUT2D eigenvalue weighted by Crippen LogP contribution is -2.29. The second kappa shape index (κ2) is 8.47. The summed E-state index contributed by atoms with van der Waals surface area (Å²) in [6, 6.07) is 7.09. The number of benzene rings is 1. The Morgan fingerprint density at radius 2 is 2.18 bits per heavy atom. The predicted molar refractivity (Wildman–Crippen MR) is 103 cm³/mol. The van der Waals surface area contributed by atoms with Crippen LogP contribution in [0.15, 0.2) is 45.3 Å². The predicted octanol–water partition coefficient (Wildman–Crippen LogP) is 2.52. The highest BCUT2D eigenvalue weighted by Crippen LogP contribution is 2.49. The van der Waals surface area contributed by atoms with Crippen LogP contribution in [0.1, 0.15) is 30.7 Å². The van der Waals surface area contributed by atoms with E-state index in [2.05, 4.69) is 0 Å². The van der Waals surface area contributed by atoms with E-state index < -0.39 is 23.4 Å². The maximum Gasteiger partial charge on any atom is 0.337 e. The van der Waals surface area contributed by atoms with Crippen LogP contribution in [0.3, 0.4) is 0 Å². The molecular formula is C19H20N2O6S. The topological polar surface area (TPSA) is 122 Å². The number of esters is 1. The standard InChI is InChI=1S/C19H20N2O6S/c1-26-12-5-2-4-11(10-12)15-16-13(22)6-3-7-14(16)28-18(20)17(15)19(23)27-9-8-21(24)25/h2,4-5,10,15H,3,6-9,20H2,1H3. The number of thioether (sulfide) groups is 1. The van der Waals surface area contributed by atoms with Crippen LogP contribution in [0.4, 0.5) is 0 Å². The van der Waals surface area contributed by atoms with Crippen molar-refractivity contribution in [2.75, 3.05) is 20.3 Å². The van der Waals surface area contributed by atoms with Crippen LogP contribution in [0.2, 0.25) is 0 Å². The fourth-order valence-corrected chi connectivity index (χ4v) is 4.56. The number of hydrogen-bond donors (Lipinski definition) is 1. The fraction of sp³-hybridized carbons (Fsp3) is 0.368. The highest BCUT2D eigenvalue weighted by atomic mass is 32.2. The Bertz CT molecular complexity index is 892. The fourth-order valence-electron chi connectivity index (χ4n) is 3.40. The molecule has 1 aliphatic carbocycles. The Balaban J connectivity index is 2.03. The third-order valence-corrected chi connectivity index (χ3v) is 5.75. The first-order valence-corrected chi connectivity index (χ1v) is 9.60. The van der Waals surface area contributed by atoms with Gasteiger partial charge in [0.25, 0.3) is 0 Å². The largest absolute Gasteiger partial charge is 0.497 e. The number of hydrogen-bond acceptors (Lipinski definition) is 8. The van der Waals surface area contributed by atoms with Gasteiger partial charge in [-0.05, 0) is 35.4 Å². The average Bonchev–Trinajstić information content (AvgIpc) is 2.66. The number of carbonyl (C=O) groups excluding carboxylic acids is 2. The number of nitrogens with zero attached hydrogens (tertiary/aromatic N) is 1. The van der Waals surface area contributed by atoms with Gasteiger partial charge in [-0.2, -0.15) is 0 Å². The molecule has 1 aliphatic heterocycles. The molecule has 1 aromatic carbocycles. The Kier molecular flexibility index (Phi) is 6.03. The smallest absolute Gasteiger partial charge is 0.337 e. The van der Waals surface area contributed by atoms with Crippen molar-refractivity contribution >= 4 is 23.5 Å². The highest BCUT2D eigenvalue weighted by Gasteiger charge is 2.40. The van der Waals surface area contributed by atoms with Gasteiger partial charge in [0.05, 0.1) is 17.7 Å². The van der Waals surface area contributed by atoms with E-state index in [-0.39, 0.29) is 23.0 Å². The van der Waals surface area contributed by atoms with Crippen LogP contribution in [-0.2, 0) is 14.3 Å². The molecule has 0 radical (unpaired) electrons. The summed E-state index contributed by atoms with van der Waals surface area (Å²) in [4.78, 5) is 36.3. The molecule has 1 heterocycles. The van der Waals surface area contributed by atoms with Gasteiger partial charge in [0.15, 0.2) is 12.4 Å². The Morgan fingerprint density at radius 1 is 1.39 bits per heavy atom. The molecule has 2 aliphatic rings. The number of Topliss-reactive ketones (excluding diaryl/α,β-unsaturated/α-hetero) is 1. The lowest BCUT2D eigenvalue weighted by molar-refractivity contribution is -0.482. The molecular weight excluding hydrogens is 384 g/mol. The van der Waals surface area contributed by atoms with Crippen molar-refractivity contribution < 1.29 is 24.0 Å². The van der Waals surface area contributed by atoms with Gasteiger partial charge in [-0.1, -0.05) is 23.9 Å². The zero-order valence-electron chi connectivity index (χ0n) is 15.3. The van der Waals surface area contributed by atoms with Crippen molar-refractivity contribution in [1.82, 2.24) is 0 Å². The van der Waals surface area contributed by atoms with Crippen LogP contribution >= 0.6 is 11.8 Å². The van der Waals surface area contributed by atoms with E-state index >= 15 is 0 Å². The number of ketones is 1. The molecule has 0 saturated heterocycles. The Hall–Kier alpha value is -2.81. The van der Waals surface area contributed by atoms with Crippen LogP contribution < -0.4 is 10.5 Å². The summed E-state index contributed by atoms with van der Waals surface area (Å²) in [6.45, 7) is -0.860. The van der Waals surface area contributed by atoms with Crippen molar-refractivity contribution in [1.29, 1.82) is 0 Å². The Morgan fingerprint density at radius 3 is 2.89 bits per heavy atom. The molecule has 2 N–H and O–H groups in total. The van der Waals surface area contributed by atoms with Crippen LogP contribution in [0, 0.1) is 10.1 Å². The molecule has 9 heteroatoms. The minimum absolute atomic E-state index is 0.0235. The minimum Gasteiger partial charge on any atom is -0.497 e. The number of carbonyl (C=O) groups is 2. The summed E-state index contributed by atoms with van der Waals surface area (Å²) in [5.41, 5.74) is 7.58. The van der Waals surface area contributed by atoms with Gasteiger partial charge in [-0.25, -0.2) is 4.79 Å². The highest BCUT2D eigenvalue weighted by molar-refractivity contribution is 8.06. The zero-order valence-corrected chi connectivity index (χ0v) is 16.1. The van der Waals surface area contributed by atoms with E-state index in [1.54, 1.807) is 24.3 Å². The molecule has 0 amide bonds. The van der Waals surface area contributed by atoms with Crippen LogP contribution in [0.25, 0.3) is 0 Å². The second-order valence-electron chi connectivity index (χ2n) is 6.40. The first-order chi connectivity index (χ1) is 13.4. The van der Waals surface area contributed by atoms with Gasteiger partial charge >= 0.3 is 5.97 Å². The van der Waals surface area contributed by atoms with Gasteiger partial charge in [-0.3, -0.25) is 14.9 Å². The van der Waals surface area contributed by atoms with Crippen molar-refractivity contribution in [2.45, 2.75) is 25.2 Å². The molecule has 3 rings (SSSR count). The van der Waals surface area contributed by atoms with E-state index in [1.165, 1.54) is 18.9 Å². The molecule has 1 atom stereocenters. The first-order valence-electron chi connectivity index (χ1n) is 8.79. The number of methoxy groups -OCH3 is 1. The zero-order chi connectivity index (χ0) is 20.3. The van der Waals surface area contributed by atoms with Gasteiger partial charge in [0.1, 0.15) is 5.75 Å². The maximum atomic E-state index is 12.7. The molecule has 0 saturated carbocycles. The minimum atomic E-state index is -0.746. The lowest BCUT2D eigenvalue weighted by Gasteiger charge is -2.32. The summed E-state index contributed by atoms with van der Waals surface area (Å²) < 4.78 is 10.4. The number of nitrogens with two attached hydrogens (primary N) is 1. The van der Waals surface area contributed by atoms with Crippen molar-refractivity contribution in [2.24, 2.45) is 5.73 Å². The average molecular weight is 404 g/mol. The molecule has 8 nitrogen and oxygen atoms in total. The lowest BCUT2D eigenvalue weighted by atomic mass is 9.79. The summed E-state index contributed by atoms with van der Waals surface area (Å²) in [5, 5.41) is 10.8. The first kappa shape index (κ1) is 19.9. The summed E-state index contributed by atoms with van der Waals surface area (Å²) in [5.74, 6) is -0.864. The van der Waals surface area contributed by atoms with Gasteiger partial charge in [-0.15, -0.1) is 0 Å². The molecule has 0 fully saturated rings. The van der Waals surface area contributed by atoms with Gasteiger partial charge in [0.2, 0.25) is 6.54 Å². The third-order valence-electron chi connectivity index (χ3n) is 4.64. The number of rotatable bonds is 6. The van der Waals surface area contributed by atoms with Crippen molar-refractivity contribution in [3.8, 4) is 5.75 Å². The van der Waals surface area contributed by atoms with Gasteiger partial charge < -0.3 is 15.2 Å². The van der Waals surface area contributed by atoms with Crippen molar-refractivity contribution in [3.05, 3.63) is 61.0 Å². The molecule has 0 bridgehead atoms. The Labute approximate surface area is 165 Å². The van der Waals surface area contributed by atoms with E-state index in [9.17, 15) is 19.7 Å². The monoisotopic (exact) mass is 404 g/mol. The molecule has 28 heavy (non-hydrogen) atoms. The maximum absolute atomic E-state index is 12.7. The summed E-state index contributed by atoms with van der Waals surface area (Å²) in [7, 11) is 1.53. The van der Waals surface area contributed by atoms with Crippen LogP contribution in [0.5, 0.6) is 5.75 Å². The number of nitro groups is 1. The van der Waals surface area contributed by atoms with E-state index in [4.69, 9.17) is 15.2 Å². The quantitative estimate of drug-likeness (QED) is 0.436. The summed E-state index contributed by atoms with van der Waals surface area (Å²) in [6.07, 6.45) is 1.87. The molecule has 148 valence electrons. The van der Waals surface area contributed by atoms with Crippen LogP contribution in [-0.4, -0.2) is 36.9 Å². The second-order valence-corrected chi connectivity index (χ2v) is 7.53. The normalized spacial score (nSPS) is 19.3. The third kappa shape index (κ3) is 4.04. The van der Waals surface area contributed by atoms with Gasteiger partial charge in [0, 0.05) is 22.8 Å². The van der Waals surface area contributed by atoms with E-state index in [0.717, 1.165) is 17.7 Å². The van der Waals surface area contributed by atoms with Crippen molar-refractivity contribution in [3.63, 3.8) is 0 Å². The molecule has 1 unspecified atom stereocenters. The molecule has 0 aromatic heterocycles. The number of allylic oxidation sites excluding steroid dienone is 2.